The quantitative estimate of drug-likeness (QED) is 0.443. The van der Waals surface area contributed by atoms with Gasteiger partial charge in [0.05, 0.1) is 19.6 Å². The number of methoxy groups -OCH3 is 1. The number of nitrogen functional groups attached to an aromatic ring is 1. The molecule has 0 spiro atoms. The van der Waals surface area contributed by atoms with Gasteiger partial charge in [0, 0.05) is 12.2 Å². The summed E-state index contributed by atoms with van der Waals surface area (Å²) in [6.45, 7) is -0.212. The SMILES string of the molecule is COc1ccc(N)cc1C(=O)OCC(=O)NCCC#N. The molecule has 0 heterocycles. The van der Waals surface area contributed by atoms with E-state index in [0.717, 1.165) is 0 Å². The number of nitriles is 1. The Labute approximate surface area is 116 Å². The van der Waals surface area contributed by atoms with Crippen LogP contribution in [0, 0.1) is 11.3 Å². The zero-order valence-electron chi connectivity index (χ0n) is 11.0. The van der Waals surface area contributed by atoms with E-state index in [0.29, 0.717) is 11.4 Å². The number of ether oxygens (including phenoxy) is 2. The summed E-state index contributed by atoms with van der Waals surface area (Å²) < 4.78 is 9.86. The molecule has 0 saturated carbocycles. The van der Waals surface area contributed by atoms with Crippen molar-refractivity contribution in [1.29, 1.82) is 5.26 Å². The van der Waals surface area contributed by atoms with E-state index in [-0.39, 0.29) is 18.5 Å². The molecule has 0 saturated heterocycles. The van der Waals surface area contributed by atoms with Gasteiger partial charge in [-0.1, -0.05) is 0 Å². The molecular formula is C13H15N3O4. The molecule has 7 nitrogen and oxygen atoms in total. The van der Waals surface area contributed by atoms with Crippen LogP contribution in [0.5, 0.6) is 5.75 Å². The lowest BCUT2D eigenvalue weighted by Crippen LogP contribution is -2.29. The van der Waals surface area contributed by atoms with Gasteiger partial charge in [0.2, 0.25) is 0 Å². The maximum Gasteiger partial charge on any atom is 0.342 e. The Bertz CT molecular complexity index is 537. The maximum absolute atomic E-state index is 11.8. The molecule has 0 bridgehead atoms. The molecule has 0 aliphatic rings. The summed E-state index contributed by atoms with van der Waals surface area (Å²) in [5.41, 5.74) is 6.12. The Morgan fingerprint density at radius 3 is 2.85 bits per heavy atom. The first kappa shape index (κ1) is 15.3. The van der Waals surface area contributed by atoms with Crippen molar-refractivity contribution in [2.75, 3.05) is 26.0 Å². The lowest BCUT2D eigenvalue weighted by Gasteiger charge is -2.09. The summed E-state index contributed by atoms with van der Waals surface area (Å²) in [6.07, 6.45) is 0.197. The predicted molar refractivity (Wildman–Crippen MR) is 70.9 cm³/mol. The molecule has 0 aliphatic carbocycles. The highest BCUT2D eigenvalue weighted by Gasteiger charge is 2.15. The predicted octanol–water partition coefficient (Wildman–Crippen LogP) is 0.464. The number of carbonyl (C=O) groups is 2. The van der Waals surface area contributed by atoms with E-state index in [1.807, 2.05) is 6.07 Å². The van der Waals surface area contributed by atoms with Crippen molar-refractivity contribution in [3.63, 3.8) is 0 Å². The van der Waals surface area contributed by atoms with Crippen LogP contribution in [0.3, 0.4) is 0 Å². The number of amides is 1. The summed E-state index contributed by atoms with van der Waals surface area (Å²) in [6, 6.07) is 6.42. The van der Waals surface area contributed by atoms with Crippen LogP contribution < -0.4 is 15.8 Å². The summed E-state index contributed by atoms with van der Waals surface area (Å²) in [5, 5.41) is 10.8. The molecule has 0 radical (unpaired) electrons. The first-order valence-electron chi connectivity index (χ1n) is 5.82. The van der Waals surface area contributed by atoms with Gasteiger partial charge in [-0.05, 0) is 18.2 Å². The van der Waals surface area contributed by atoms with Crippen LogP contribution in [0.4, 0.5) is 5.69 Å². The molecule has 1 rings (SSSR count). The Morgan fingerprint density at radius 2 is 2.20 bits per heavy atom. The molecule has 3 N–H and O–H groups in total. The monoisotopic (exact) mass is 277 g/mol. The minimum absolute atomic E-state index is 0.150. The fourth-order valence-corrected chi connectivity index (χ4v) is 1.40. The Kier molecular flexibility index (Phi) is 5.84. The molecule has 7 heteroatoms. The second-order valence-electron chi connectivity index (χ2n) is 3.79. The van der Waals surface area contributed by atoms with E-state index in [9.17, 15) is 9.59 Å². The Balaban J connectivity index is 2.57. The highest BCUT2D eigenvalue weighted by atomic mass is 16.5. The molecular weight excluding hydrogens is 262 g/mol. The van der Waals surface area contributed by atoms with Crippen molar-refractivity contribution < 1.29 is 19.1 Å². The first-order chi connectivity index (χ1) is 9.58. The topological polar surface area (TPSA) is 114 Å². The van der Waals surface area contributed by atoms with Crippen LogP contribution in [-0.2, 0) is 9.53 Å². The van der Waals surface area contributed by atoms with Gasteiger partial charge in [0.25, 0.3) is 5.91 Å². The first-order valence-corrected chi connectivity index (χ1v) is 5.82. The lowest BCUT2D eigenvalue weighted by atomic mass is 10.2. The van der Waals surface area contributed by atoms with E-state index in [1.54, 1.807) is 12.1 Å². The molecule has 1 aromatic carbocycles. The van der Waals surface area contributed by atoms with Crippen molar-refractivity contribution in [3.05, 3.63) is 23.8 Å². The number of nitrogens with two attached hydrogens (primary N) is 1. The van der Waals surface area contributed by atoms with Crippen LogP contribution >= 0.6 is 0 Å². The molecule has 0 aromatic heterocycles. The zero-order valence-corrected chi connectivity index (χ0v) is 11.0. The van der Waals surface area contributed by atoms with E-state index < -0.39 is 18.5 Å². The lowest BCUT2D eigenvalue weighted by molar-refractivity contribution is -0.124. The number of nitrogens with zero attached hydrogens (tertiary/aromatic N) is 1. The van der Waals surface area contributed by atoms with E-state index >= 15 is 0 Å². The van der Waals surface area contributed by atoms with Crippen LogP contribution in [0.15, 0.2) is 18.2 Å². The van der Waals surface area contributed by atoms with Crippen molar-refractivity contribution in [2.24, 2.45) is 0 Å². The number of rotatable bonds is 6. The van der Waals surface area contributed by atoms with E-state index in [1.165, 1.54) is 13.2 Å². The standard InChI is InChI=1S/C13H15N3O4/c1-19-11-4-3-9(15)7-10(11)13(18)20-8-12(17)16-6-2-5-14/h3-4,7H,2,6,8,15H2,1H3,(H,16,17). The van der Waals surface area contributed by atoms with E-state index in [4.69, 9.17) is 20.5 Å². The number of benzene rings is 1. The average Bonchev–Trinajstić information content (AvgIpc) is 2.45. The third-order valence-electron chi connectivity index (χ3n) is 2.34. The van der Waals surface area contributed by atoms with Crippen molar-refractivity contribution >= 4 is 17.6 Å². The fourth-order valence-electron chi connectivity index (χ4n) is 1.40. The molecule has 106 valence electrons. The molecule has 0 fully saturated rings. The average molecular weight is 277 g/mol. The van der Waals surface area contributed by atoms with Gasteiger partial charge in [-0.2, -0.15) is 5.26 Å². The highest BCUT2D eigenvalue weighted by molar-refractivity contribution is 5.94. The highest BCUT2D eigenvalue weighted by Crippen LogP contribution is 2.21. The fraction of sp³-hybridized carbons (Fsp3) is 0.308. The van der Waals surface area contributed by atoms with Crippen LogP contribution in [0.2, 0.25) is 0 Å². The van der Waals surface area contributed by atoms with Gasteiger partial charge in [0.15, 0.2) is 6.61 Å². The number of hydrogen-bond donors (Lipinski definition) is 2. The number of nitrogens with one attached hydrogen (secondary N) is 1. The van der Waals surface area contributed by atoms with Crippen LogP contribution in [-0.4, -0.2) is 32.1 Å². The van der Waals surface area contributed by atoms with Crippen molar-refractivity contribution in [3.8, 4) is 11.8 Å². The van der Waals surface area contributed by atoms with Crippen molar-refractivity contribution in [2.45, 2.75) is 6.42 Å². The minimum atomic E-state index is -0.704. The van der Waals surface area contributed by atoms with E-state index in [2.05, 4.69) is 5.32 Å². The summed E-state index contributed by atoms with van der Waals surface area (Å²) in [5.74, 6) is -0.866. The third-order valence-corrected chi connectivity index (χ3v) is 2.34. The van der Waals surface area contributed by atoms with Gasteiger partial charge in [0.1, 0.15) is 11.3 Å². The molecule has 0 unspecified atom stereocenters. The van der Waals surface area contributed by atoms with Gasteiger partial charge < -0.3 is 20.5 Å². The summed E-state index contributed by atoms with van der Waals surface area (Å²) in [4.78, 5) is 23.1. The third kappa shape index (κ3) is 4.49. The zero-order chi connectivity index (χ0) is 15.0. The van der Waals surface area contributed by atoms with Crippen LogP contribution in [0.1, 0.15) is 16.8 Å². The van der Waals surface area contributed by atoms with Crippen LogP contribution in [0.25, 0.3) is 0 Å². The smallest absolute Gasteiger partial charge is 0.342 e. The normalized spacial score (nSPS) is 9.40. The summed E-state index contributed by atoms with van der Waals surface area (Å²) >= 11 is 0. The molecule has 0 aliphatic heterocycles. The largest absolute Gasteiger partial charge is 0.496 e. The second kappa shape index (κ2) is 7.63. The maximum atomic E-state index is 11.8. The molecule has 1 amide bonds. The Hall–Kier alpha value is -2.75. The molecule has 0 atom stereocenters. The van der Waals surface area contributed by atoms with Gasteiger partial charge in [-0.3, -0.25) is 4.79 Å². The van der Waals surface area contributed by atoms with Gasteiger partial charge in [-0.15, -0.1) is 0 Å². The van der Waals surface area contributed by atoms with Gasteiger partial charge in [-0.25, -0.2) is 4.79 Å². The Morgan fingerprint density at radius 1 is 1.45 bits per heavy atom. The minimum Gasteiger partial charge on any atom is -0.496 e. The molecule has 1 aromatic rings. The number of hydrogen-bond acceptors (Lipinski definition) is 6. The number of anilines is 1. The molecule has 20 heavy (non-hydrogen) atoms. The summed E-state index contributed by atoms with van der Waals surface area (Å²) in [7, 11) is 1.41. The second-order valence-corrected chi connectivity index (χ2v) is 3.79. The van der Waals surface area contributed by atoms with Gasteiger partial charge >= 0.3 is 5.97 Å². The number of carbonyl (C=O) groups excluding carboxylic acids is 2. The van der Waals surface area contributed by atoms with Crippen molar-refractivity contribution in [1.82, 2.24) is 5.32 Å². The number of esters is 1.